The largest absolute Gasteiger partial charge is 0.456 e. The number of nitrogens with zero attached hydrogens (tertiary/aromatic N) is 2. The monoisotopic (exact) mass is 642 g/mol. The maximum absolute atomic E-state index is 6.57. The van der Waals surface area contributed by atoms with Gasteiger partial charge in [0.1, 0.15) is 27.8 Å². The molecule has 11 rings (SSSR count). The Hall–Kier alpha value is -6.85. The number of furan rings is 2. The molecule has 234 valence electrons. The van der Waals surface area contributed by atoms with Crippen LogP contribution in [0.5, 0.6) is 0 Å². The molecule has 0 aliphatic heterocycles. The summed E-state index contributed by atoms with van der Waals surface area (Å²) in [5.74, 6) is 0.577. The number of hydrogen-bond acceptors (Lipinski definition) is 5. The van der Waals surface area contributed by atoms with E-state index in [2.05, 4.69) is 126 Å². The molecule has 0 aliphatic carbocycles. The van der Waals surface area contributed by atoms with Gasteiger partial charge in [-0.15, -0.1) is 0 Å². The van der Waals surface area contributed by atoms with Gasteiger partial charge in [0.05, 0.1) is 0 Å². The smallest absolute Gasteiger partial charge is 0.228 e. The zero-order valence-corrected chi connectivity index (χ0v) is 26.6. The third-order valence-electron chi connectivity index (χ3n) is 9.87. The van der Waals surface area contributed by atoms with Gasteiger partial charge in [0.15, 0.2) is 5.58 Å². The molecule has 0 atom stereocenters. The number of fused-ring (bicyclic) bond motifs is 11. The molecule has 0 radical (unpaired) electrons. The van der Waals surface area contributed by atoms with Crippen molar-refractivity contribution >= 4 is 93.6 Å². The van der Waals surface area contributed by atoms with E-state index in [1.54, 1.807) is 0 Å². The third kappa shape index (κ3) is 3.98. The highest BCUT2D eigenvalue weighted by Crippen LogP contribution is 2.43. The quantitative estimate of drug-likeness (QED) is 0.191. The topological polar surface area (TPSA) is 55.6 Å². The summed E-state index contributed by atoms with van der Waals surface area (Å²) in [4.78, 5) is 7.27. The van der Waals surface area contributed by atoms with Crippen LogP contribution in [-0.2, 0) is 0 Å². The second-order valence-electron chi connectivity index (χ2n) is 12.7. The van der Waals surface area contributed by atoms with Crippen LogP contribution >= 0.6 is 0 Å². The summed E-state index contributed by atoms with van der Waals surface area (Å²) in [7, 11) is 0. The Bertz CT molecular complexity index is 3110. The summed E-state index contributed by atoms with van der Waals surface area (Å²) in [5, 5.41) is 8.64. The zero-order chi connectivity index (χ0) is 32.8. The number of aromatic nitrogens is 1. The van der Waals surface area contributed by atoms with Gasteiger partial charge in [-0.05, 0) is 77.5 Å². The molecule has 0 amide bonds. The van der Waals surface area contributed by atoms with Crippen LogP contribution in [-0.4, -0.2) is 4.98 Å². The number of benzene rings is 8. The third-order valence-corrected chi connectivity index (χ3v) is 9.87. The van der Waals surface area contributed by atoms with Crippen molar-refractivity contribution in [1.82, 2.24) is 4.98 Å². The lowest BCUT2D eigenvalue weighted by Gasteiger charge is -2.25. The van der Waals surface area contributed by atoms with Gasteiger partial charge in [0.25, 0.3) is 0 Å². The molecule has 11 aromatic rings. The molecule has 5 nitrogen and oxygen atoms in total. The van der Waals surface area contributed by atoms with Crippen molar-refractivity contribution in [3.63, 3.8) is 0 Å². The van der Waals surface area contributed by atoms with Gasteiger partial charge >= 0.3 is 0 Å². The second-order valence-corrected chi connectivity index (χ2v) is 12.7. The fourth-order valence-corrected chi connectivity index (χ4v) is 7.56. The van der Waals surface area contributed by atoms with Gasteiger partial charge in [-0.2, -0.15) is 0 Å². The Kier molecular flexibility index (Phi) is 5.60. The highest BCUT2D eigenvalue weighted by molar-refractivity contribution is 6.16. The summed E-state index contributed by atoms with van der Waals surface area (Å²) in [6.45, 7) is 0. The summed E-state index contributed by atoms with van der Waals surface area (Å²) < 4.78 is 19.4. The van der Waals surface area contributed by atoms with E-state index in [9.17, 15) is 0 Å². The van der Waals surface area contributed by atoms with Crippen LogP contribution in [0, 0.1) is 0 Å². The molecule has 8 aromatic carbocycles. The van der Waals surface area contributed by atoms with Crippen LogP contribution in [0.1, 0.15) is 0 Å². The summed E-state index contributed by atoms with van der Waals surface area (Å²) in [6.07, 6.45) is 0. The Balaban J connectivity index is 1.08. The molecule has 0 spiro atoms. The minimum Gasteiger partial charge on any atom is -0.456 e. The molecule has 0 fully saturated rings. The standard InChI is InChI=1S/C45H26N2O3/c1-2-11-29(12-3-1)47(30-20-24-38-37(25-30)34-21-17-28-10-5-7-14-33(28)44(34)49-38)31-19-22-35-41(26-31)48-39-16-8-15-36(42(35)39)45-46-43-32-13-6-4-9-27(32)18-23-40(43)50-45/h1-26H. The van der Waals surface area contributed by atoms with Crippen LogP contribution in [0.15, 0.2) is 171 Å². The first-order valence-corrected chi connectivity index (χ1v) is 16.7. The summed E-state index contributed by atoms with van der Waals surface area (Å²) in [5.41, 5.74) is 8.91. The minimum atomic E-state index is 0.577. The number of hydrogen-bond donors (Lipinski definition) is 0. The van der Waals surface area contributed by atoms with E-state index in [0.717, 1.165) is 99.1 Å². The summed E-state index contributed by atoms with van der Waals surface area (Å²) >= 11 is 0. The lowest BCUT2D eigenvalue weighted by atomic mass is 10.0. The SMILES string of the molecule is c1ccc(N(c2ccc3c(c2)oc2cccc(-c4nc5c(ccc6ccccc65)o4)c23)c2ccc3oc4c5ccccc5ccc4c3c2)cc1. The van der Waals surface area contributed by atoms with E-state index in [4.69, 9.17) is 18.2 Å². The Labute approximate surface area is 285 Å². The van der Waals surface area contributed by atoms with E-state index in [-0.39, 0.29) is 0 Å². The number of para-hydroxylation sites is 1. The van der Waals surface area contributed by atoms with Crippen molar-refractivity contribution in [1.29, 1.82) is 0 Å². The van der Waals surface area contributed by atoms with E-state index < -0.39 is 0 Å². The van der Waals surface area contributed by atoms with Gasteiger partial charge in [-0.1, -0.05) is 84.9 Å². The Morgan fingerprint density at radius 3 is 2.02 bits per heavy atom. The molecule has 3 heterocycles. The number of rotatable bonds is 4. The van der Waals surface area contributed by atoms with Crippen molar-refractivity contribution < 1.29 is 13.3 Å². The van der Waals surface area contributed by atoms with Gasteiger partial charge < -0.3 is 18.2 Å². The van der Waals surface area contributed by atoms with Crippen LogP contribution in [0.4, 0.5) is 17.1 Å². The first-order valence-electron chi connectivity index (χ1n) is 16.7. The molecule has 50 heavy (non-hydrogen) atoms. The lowest BCUT2D eigenvalue weighted by molar-refractivity contribution is 0.620. The molecular formula is C45H26N2O3. The van der Waals surface area contributed by atoms with E-state index in [1.807, 2.05) is 36.4 Å². The molecule has 0 bridgehead atoms. The van der Waals surface area contributed by atoms with Crippen molar-refractivity contribution in [2.45, 2.75) is 0 Å². The molecule has 0 aliphatic rings. The molecule has 0 N–H and O–H groups in total. The van der Waals surface area contributed by atoms with Gasteiger partial charge in [0, 0.05) is 61.0 Å². The molecule has 0 saturated carbocycles. The molecule has 5 heteroatoms. The average Bonchev–Trinajstić information content (AvgIpc) is 3.89. The van der Waals surface area contributed by atoms with Crippen LogP contribution in [0.3, 0.4) is 0 Å². The highest BCUT2D eigenvalue weighted by Gasteiger charge is 2.21. The van der Waals surface area contributed by atoms with Crippen LogP contribution in [0.25, 0.3) is 88.0 Å². The van der Waals surface area contributed by atoms with E-state index >= 15 is 0 Å². The maximum atomic E-state index is 6.57. The lowest BCUT2D eigenvalue weighted by Crippen LogP contribution is -2.09. The maximum Gasteiger partial charge on any atom is 0.228 e. The van der Waals surface area contributed by atoms with Gasteiger partial charge in [-0.25, -0.2) is 4.98 Å². The molecule has 0 saturated heterocycles. The fourth-order valence-electron chi connectivity index (χ4n) is 7.56. The first-order chi connectivity index (χ1) is 24.8. The van der Waals surface area contributed by atoms with E-state index in [0.29, 0.717) is 5.89 Å². The van der Waals surface area contributed by atoms with Crippen molar-refractivity contribution in [3.05, 3.63) is 158 Å². The normalized spacial score (nSPS) is 12.0. The predicted molar refractivity (Wildman–Crippen MR) is 204 cm³/mol. The van der Waals surface area contributed by atoms with Crippen molar-refractivity contribution in [3.8, 4) is 11.5 Å². The zero-order valence-electron chi connectivity index (χ0n) is 26.6. The minimum absolute atomic E-state index is 0.577. The number of anilines is 3. The highest BCUT2D eigenvalue weighted by atomic mass is 16.4. The van der Waals surface area contributed by atoms with Crippen molar-refractivity contribution in [2.75, 3.05) is 4.90 Å². The Morgan fingerprint density at radius 1 is 0.400 bits per heavy atom. The van der Waals surface area contributed by atoms with E-state index in [1.165, 1.54) is 0 Å². The van der Waals surface area contributed by atoms with Gasteiger partial charge in [-0.3, -0.25) is 0 Å². The summed E-state index contributed by atoms with van der Waals surface area (Å²) in [6, 6.07) is 54.4. The second kappa shape index (κ2) is 10.3. The fraction of sp³-hybridized carbons (Fsp3) is 0. The molecular weight excluding hydrogens is 617 g/mol. The predicted octanol–water partition coefficient (Wildman–Crippen LogP) is 13.1. The Morgan fingerprint density at radius 2 is 1.12 bits per heavy atom. The molecule has 3 aromatic heterocycles. The van der Waals surface area contributed by atoms with Crippen molar-refractivity contribution in [2.24, 2.45) is 0 Å². The number of oxazole rings is 1. The first kappa shape index (κ1) is 27.1. The van der Waals surface area contributed by atoms with Gasteiger partial charge in [0.2, 0.25) is 5.89 Å². The molecule has 0 unspecified atom stereocenters. The van der Waals surface area contributed by atoms with Crippen LogP contribution in [0.2, 0.25) is 0 Å². The average molecular weight is 643 g/mol. The van der Waals surface area contributed by atoms with Crippen LogP contribution < -0.4 is 4.90 Å².